The van der Waals surface area contributed by atoms with Crippen LogP contribution in [0.5, 0.6) is 0 Å². The Balaban J connectivity index is 2.18. The third kappa shape index (κ3) is 2.09. The summed E-state index contributed by atoms with van der Waals surface area (Å²) >= 11 is 3.28. The Morgan fingerprint density at radius 2 is 1.83 bits per heavy atom. The quantitative estimate of drug-likeness (QED) is 0.689. The van der Waals surface area contributed by atoms with Crippen molar-refractivity contribution in [3.63, 3.8) is 0 Å². The molecule has 0 atom stereocenters. The molecule has 0 spiro atoms. The summed E-state index contributed by atoms with van der Waals surface area (Å²) in [6.07, 6.45) is 4.45. The molecule has 0 fully saturated rings. The lowest BCUT2D eigenvalue weighted by Gasteiger charge is -2.03. The fourth-order valence-electron chi connectivity index (χ4n) is 1.74. The second-order valence-corrected chi connectivity index (χ2v) is 4.60. The second-order valence-electron chi connectivity index (χ2n) is 3.79. The van der Waals surface area contributed by atoms with Gasteiger partial charge in [0.05, 0.1) is 23.4 Å². The van der Waals surface area contributed by atoms with Crippen molar-refractivity contribution in [2.75, 3.05) is 0 Å². The molecule has 0 aliphatic heterocycles. The number of fused-ring (bicyclic) bond motifs is 1. The van der Waals surface area contributed by atoms with Crippen molar-refractivity contribution in [2.45, 2.75) is 0 Å². The van der Waals surface area contributed by atoms with Crippen molar-refractivity contribution in [2.24, 2.45) is 0 Å². The number of rotatable bonds is 1. The van der Waals surface area contributed by atoms with Crippen LogP contribution in [-0.4, -0.2) is 15.0 Å². The third-order valence-electron chi connectivity index (χ3n) is 2.55. The van der Waals surface area contributed by atoms with E-state index in [1.165, 1.54) is 12.3 Å². The largest absolute Gasteiger partial charge is 0.261 e. The summed E-state index contributed by atoms with van der Waals surface area (Å²) in [5, 5.41) is 0. The van der Waals surface area contributed by atoms with Gasteiger partial charge in [-0.05, 0) is 39.7 Å². The van der Waals surface area contributed by atoms with Crippen molar-refractivity contribution < 1.29 is 4.39 Å². The lowest BCUT2D eigenvalue weighted by Crippen LogP contribution is -1.87. The average Bonchev–Trinajstić information content (AvgIpc) is 2.38. The van der Waals surface area contributed by atoms with E-state index in [0.29, 0.717) is 4.60 Å². The molecule has 0 aliphatic carbocycles. The van der Waals surface area contributed by atoms with Crippen LogP contribution in [0.25, 0.3) is 22.2 Å². The van der Waals surface area contributed by atoms with Crippen molar-refractivity contribution in [1.29, 1.82) is 0 Å². The summed E-state index contributed by atoms with van der Waals surface area (Å²) in [5.41, 5.74) is 3.14. The maximum atomic E-state index is 13.1. The summed E-state index contributed by atoms with van der Waals surface area (Å²) in [7, 11) is 0. The van der Waals surface area contributed by atoms with Gasteiger partial charge >= 0.3 is 0 Å². The molecule has 18 heavy (non-hydrogen) atoms. The molecule has 88 valence electrons. The topological polar surface area (TPSA) is 38.7 Å². The Kier molecular flexibility index (Phi) is 2.76. The Morgan fingerprint density at radius 1 is 0.944 bits per heavy atom. The van der Waals surface area contributed by atoms with E-state index in [-0.39, 0.29) is 5.82 Å². The number of nitrogens with zero attached hydrogens (tertiary/aromatic N) is 3. The van der Waals surface area contributed by atoms with Crippen LogP contribution in [0.1, 0.15) is 0 Å². The van der Waals surface area contributed by atoms with E-state index in [0.717, 1.165) is 22.2 Å². The molecular formula is C13H7BrFN3. The van der Waals surface area contributed by atoms with Gasteiger partial charge in [0.25, 0.3) is 0 Å². The minimum Gasteiger partial charge on any atom is -0.261 e. The van der Waals surface area contributed by atoms with Gasteiger partial charge in [-0.3, -0.25) is 9.97 Å². The highest BCUT2D eigenvalue weighted by atomic mass is 79.9. The molecule has 2 aromatic heterocycles. The highest BCUT2D eigenvalue weighted by molar-refractivity contribution is 9.10. The van der Waals surface area contributed by atoms with E-state index >= 15 is 0 Å². The molecule has 1 aromatic carbocycles. The molecule has 0 N–H and O–H groups in total. The first-order chi connectivity index (χ1) is 8.72. The minimum absolute atomic E-state index is 0.354. The van der Waals surface area contributed by atoms with E-state index in [4.69, 9.17) is 0 Å². The van der Waals surface area contributed by atoms with Crippen molar-refractivity contribution >= 4 is 27.0 Å². The standard InChI is InChI=1S/C13H7BrFN3/c14-13-7-17-11-2-1-8(4-12(11)18-13)9-3-10(15)6-16-5-9/h1-7H. The third-order valence-corrected chi connectivity index (χ3v) is 2.93. The van der Waals surface area contributed by atoms with Gasteiger partial charge in [0.2, 0.25) is 0 Å². The first-order valence-electron chi connectivity index (χ1n) is 5.25. The van der Waals surface area contributed by atoms with Gasteiger partial charge in [0, 0.05) is 11.8 Å². The zero-order chi connectivity index (χ0) is 12.5. The number of halogens is 2. The van der Waals surface area contributed by atoms with Crippen LogP contribution in [0.4, 0.5) is 4.39 Å². The molecular weight excluding hydrogens is 297 g/mol. The zero-order valence-electron chi connectivity index (χ0n) is 9.14. The van der Waals surface area contributed by atoms with E-state index in [2.05, 4.69) is 30.9 Å². The van der Waals surface area contributed by atoms with Crippen molar-refractivity contribution in [1.82, 2.24) is 15.0 Å². The second kappa shape index (κ2) is 4.42. The molecule has 3 aromatic rings. The summed E-state index contributed by atoms with van der Waals surface area (Å²) in [6, 6.07) is 7.04. The van der Waals surface area contributed by atoms with E-state index < -0.39 is 0 Å². The summed E-state index contributed by atoms with van der Waals surface area (Å²) in [5.74, 6) is -0.354. The van der Waals surface area contributed by atoms with E-state index in [1.807, 2.05) is 18.2 Å². The highest BCUT2D eigenvalue weighted by Crippen LogP contribution is 2.23. The first kappa shape index (κ1) is 11.2. The van der Waals surface area contributed by atoms with Crippen molar-refractivity contribution in [3.8, 4) is 11.1 Å². The fraction of sp³-hybridized carbons (Fsp3) is 0. The number of benzene rings is 1. The molecule has 2 heterocycles. The van der Waals surface area contributed by atoms with Crippen LogP contribution in [-0.2, 0) is 0 Å². The predicted molar refractivity (Wildman–Crippen MR) is 70.4 cm³/mol. The smallest absolute Gasteiger partial charge is 0.142 e. The molecule has 0 bridgehead atoms. The molecule has 0 amide bonds. The van der Waals surface area contributed by atoms with Gasteiger partial charge in [0.1, 0.15) is 10.4 Å². The minimum atomic E-state index is -0.354. The normalized spacial score (nSPS) is 10.8. The monoisotopic (exact) mass is 303 g/mol. The Hall–Kier alpha value is -1.88. The van der Waals surface area contributed by atoms with E-state index in [9.17, 15) is 4.39 Å². The average molecular weight is 304 g/mol. The molecule has 0 saturated carbocycles. The molecule has 0 aliphatic rings. The number of pyridine rings is 1. The molecule has 3 nitrogen and oxygen atoms in total. The van der Waals surface area contributed by atoms with Crippen LogP contribution in [0.2, 0.25) is 0 Å². The first-order valence-corrected chi connectivity index (χ1v) is 6.05. The molecule has 0 radical (unpaired) electrons. The Labute approximate surface area is 111 Å². The van der Waals surface area contributed by atoms with Gasteiger partial charge in [-0.2, -0.15) is 0 Å². The zero-order valence-corrected chi connectivity index (χ0v) is 10.7. The lowest BCUT2D eigenvalue weighted by molar-refractivity contribution is 0.622. The summed E-state index contributed by atoms with van der Waals surface area (Å²) in [6.45, 7) is 0. The van der Waals surface area contributed by atoms with Gasteiger partial charge in [-0.1, -0.05) is 6.07 Å². The van der Waals surface area contributed by atoms with E-state index in [1.54, 1.807) is 12.4 Å². The SMILES string of the molecule is Fc1cncc(-c2ccc3ncc(Br)nc3c2)c1. The maximum Gasteiger partial charge on any atom is 0.142 e. The van der Waals surface area contributed by atoms with Crippen LogP contribution < -0.4 is 0 Å². The van der Waals surface area contributed by atoms with Crippen LogP contribution >= 0.6 is 15.9 Å². The number of hydrogen-bond acceptors (Lipinski definition) is 3. The lowest BCUT2D eigenvalue weighted by atomic mass is 10.1. The van der Waals surface area contributed by atoms with Crippen molar-refractivity contribution in [3.05, 3.63) is 53.3 Å². The molecule has 0 saturated heterocycles. The molecule has 3 rings (SSSR count). The number of hydrogen-bond donors (Lipinski definition) is 0. The maximum absolute atomic E-state index is 13.1. The summed E-state index contributed by atoms with van der Waals surface area (Å²) < 4.78 is 13.8. The molecule has 0 unspecified atom stereocenters. The fourth-order valence-corrected chi connectivity index (χ4v) is 2.03. The Morgan fingerprint density at radius 3 is 2.67 bits per heavy atom. The highest BCUT2D eigenvalue weighted by Gasteiger charge is 2.03. The summed E-state index contributed by atoms with van der Waals surface area (Å²) in [4.78, 5) is 12.4. The van der Waals surface area contributed by atoms with Gasteiger partial charge in [0.15, 0.2) is 0 Å². The number of aromatic nitrogens is 3. The Bertz CT molecular complexity index is 730. The van der Waals surface area contributed by atoms with Gasteiger partial charge in [-0.15, -0.1) is 0 Å². The predicted octanol–water partition coefficient (Wildman–Crippen LogP) is 3.59. The van der Waals surface area contributed by atoms with Gasteiger partial charge < -0.3 is 0 Å². The molecule has 5 heteroatoms. The van der Waals surface area contributed by atoms with Crippen LogP contribution in [0, 0.1) is 5.82 Å². The van der Waals surface area contributed by atoms with Crippen LogP contribution in [0.3, 0.4) is 0 Å². The van der Waals surface area contributed by atoms with Crippen LogP contribution in [0.15, 0.2) is 47.5 Å². The van der Waals surface area contributed by atoms with Gasteiger partial charge in [-0.25, -0.2) is 9.37 Å².